The van der Waals surface area contributed by atoms with E-state index in [2.05, 4.69) is 53.0 Å². The number of nitrogens with zero attached hydrogens (tertiary/aromatic N) is 1. The van der Waals surface area contributed by atoms with Crippen molar-refractivity contribution in [2.75, 3.05) is 0 Å². The van der Waals surface area contributed by atoms with Gasteiger partial charge >= 0.3 is 0 Å². The molecular weight excluding hydrogens is 300 g/mol. The fourth-order valence-corrected chi connectivity index (χ4v) is 2.34. The Labute approximate surface area is 123 Å². The summed E-state index contributed by atoms with van der Waals surface area (Å²) in [5.74, 6) is 0. The lowest BCUT2D eigenvalue weighted by atomic mass is 9.99. The summed E-state index contributed by atoms with van der Waals surface area (Å²) >= 11 is 3.39. The quantitative estimate of drug-likeness (QED) is 0.935. The molecule has 0 aliphatic carbocycles. The lowest BCUT2D eigenvalue weighted by Crippen LogP contribution is -2.26. The molecule has 0 bridgehead atoms. The number of rotatable bonds is 4. The van der Waals surface area contributed by atoms with Crippen LogP contribution in [0.2, 0.25) is 0 Å². The molecule has 2 nitrogen and oxygen atoms in total. The third kappa shape index (κ3) is 4.15. The second kappa shape index (κ2) is 6.31. The lowest BCUT2D eigenvalue weighted by molar-refractivity contribution is 0.653. The summed E-state index contributed by atoms with van der Waals surface area (Å²) in [6.07, 6.45) is 3.51. The van der Waals surface area contributed by atoms with Crippen LogP contribution in [0.4, 0.5) is 0 Å². The van der Waals surface area contributed by atoms with Gasteiger partial charge in [-0.05, 0) is 65.0 Å². The molecule has 2 aromatic rings. The Morgan fingerprint density at radius 2 is 1.89 bits per heavy atom. The SMILES string of the molecule is Cc1ccc(CC(N)Cc2ccc(Br)cn2)cc1C. The van der Waals surface area contributed by atoms with Crippen LogP contribution in [0.1, 0.15) is 22.4 Å². The van der Waals surface area contributed by atoms with E-state index in [1.165, 1.54) is 16.7 Å². The maximum Gasteiger partial charge on any atom is 0.0420 e. The molecule has 0 fully saturated rings. The molecule has 1 heterocycles. The van der Waals surface area contributed by atoms with Crippen LogP contribution in [0.25, 0.3) is 0 Å². The van der Waals surface area contributed by atoms with Gasteiger partial charge in [0.2, 0.25) is 0 Å². The molecule has 3 heteroatoms. The number of hydrogen-bond donors (Lipinski definition) is 1. The molecule has 0 spiro atoms. The molecular formula is C16H19BrN2. The monoisotopic (exact) mass is 318 g/mol. The zero-order valence-electron chi connectivity index (χ0n) is 11.4. The summed E-state index contributed by atoms with van der Waals surface area (Å²) in [6, 6.07) is 10.7. The summed E-state index contributed by atoms with van der Waals surface area (Å²) < 4.78 is 0.999. The third-order valence-electron chi connectivity index (χ3n) is 3.33. The maximum atomic E-state index is 6.21. The number of benzene rings is 1. The zero-order valence-corrected chi connectivity index (χ0v) is 12.9. The average Bonchev–Trinajstić information content (AvgIpc) is 2.37. The van der Waals surface area contributed by atoms with Crippen LogP contribution < -0.4 is 5.73 Å². The molecule has 1 aromatic carbocycles. The fraction of sp³-hybridized carbons (Fsp3) is 0.312. The van der Waals surface area contributed by atoms with Crippen LogP contribution >= 0.6 is 15.9 Å². The standard InChI is InChI=1S/C16H19BrN2/c1-11-3-4-13(7-12(11)2)8-15(18)9-16-6-5-14(17)10-19-16/h3-7,10,15H,8-9,18H2,1-2H3. The van der Waals surface area contributed by atoms with Crippen LogP contribution in [0.15, 0.2) is 41.0 Å². The minimum absolute atomic E-state index is 0.107. The highest BCUT2D eigenvalue weighted by Crippen LogP contribution is 2.13. The van der Waals surface area contributed by atoms with Crippen molar-refractivity contribution >= 4 is 15.9 Å². The van der Waals surface area contributed by atoms with E-state index < -0.39 is 0 Å². The predicted molar refractivity (Wildman–Crippen MR) is 83.2 cm³/mol. The van der Waals surface area contributed by atoms with Gasteiger partial charge in [0.1, 0.15) is 0 Å². The summed E-state index contributed by atoms with van der Waals surface area (Å²) in [7, 11) is 0. The Morgan fingerprint density at radius 1 is 1.11 bits per heavy atom. The number of aromatic nitrogens is 1. The first-order chi connectivity index (χ1) is 9.04. The molecule has 1 aromatic heterocycles. The number of pyridine rings is 1. The van der Waals surface area contributed by atoms with Gasteiger partial charge in [-0.15, -0.1) is 0 Å². The van der Waals surface area contributed by atoms with Crippen molar-refractivity contribution in [3.05, 3.63) is 63.4 Å². The van der Waals surface area contributed by atoms with E-state index in [1.54, 1.807) is 0 Å². The van der Waals surface area contributed by atoms with Crippen molar-refractivity contribution in [2.45, 2.75) is 32.7 Å². The van der Waals surface area contributed by atoms with E-state index >= 15 is 0 Å². The Balaban J connectivity index is 1.98. The van der Waals surface area contributed by atoms with Gasteiger partial charge in [-0.3, -0.25) is 4.98 Å². The van der Waals surface area contributed by atoms with Gasteiger partial charge in [0.05, 0.1) is 0 Å². The molecule has 0 radical (unpaired) electrons. The molecule has 0 saturated carbocycles. The van der Waals surface area contributed by atoms with Gasteiger partial charge in [0.15, 0.2) is 0 Å². The van der Waals surface area contributed by atoms with Crippen molar-refractivity contribution in [2.24, 2.45) is 5.73 Å². The number of aryl methyl sites for hydroxylation is 2. The second-order valence-electron chi connectivity index (χ2n) is 5.05. The topological polar surface area (TPSA) is 38.9 Å². The molecule has 0 aliphatic heterocycles. The van der Waals surface area contributed by atoms with Crippen LogP contribution in [0, 0.1) is 13.8 Å². The minimum Gasteiger partial charge on any atom is -0.327 e. The van der Waals surface area contributed by atoms with Gasteiger partial charge in [0.25, 0.3) is 0 Å². The predicted octanol–water partition coefficient (Wildman–Crippen LogP) is 3.57. The number of hydrogen-bond acceptors (Lipinski definition) is 2. The highest BCUT2D eigenvalue weighted by Gasteiger charge is 2.07. The largest absolute Gasteiger partial charge is 0.327 e. The first kappa shape index (κ1) is 14.2. The molecule has 0 aliphatic rings. The van der Waals surface area contributed by atoms with Gasteiger partial charge in [-0.2, -0.15) is 0 Å². The van der Waals surface area contributed by atoms with Crippen molar-refractivity contribution in [1.29, 1.82) is 0 Å². The Bertz CT molecular complexity index is 549. The third-order valence-corrected chi connectivity index (χ3v) is 3.80. The molecule has 19 heavy (non-hydrogen) atoms. The molecule has 0 amide bonds. The second-order valence-corrected chi connectivity index (χ2v) is 5.97. The Kier molecular flexibility index (Phi) is 4.72. The van der Waals surface area contributed by atoms with Crippen molar-refractivity contribution in [3.63, 3.8) is 0 Å². The van der Waals surface area contributed by atoms with Crippen molar-refractivity contribution < 1.29 is 0 Å². The summed E-state index contributed by atoms with van der Waals surface area (Å²) in [4.78, 5) is 4.36. The lowest BCUT2D eigenvalue weighted by Gasteiger charge is -2.12. The number of halogens is 1. The van der Waals surface area contributed by atoms with E-state index in [4.69, 9.17) is 5.73 Å². The van der Waals surface area contributed by atoms with Crippen LogP contribution in [0.3, 0.4) is 0 Å². The molecule has 100 valence electrons. The van der Waals surface area contributed by atoms with Crippen LogP contribution in [0.5, 0.6) is 0 Å². The fourth-order valence-electron chi connectivity index (χ4n) is 2.10. The highest BCUT2D eigenvalue weighted by molar-refractivity contribution is 9.10. The normalized spacial score (nSPS) is 12.4. The summed E-state index contributed by atoms with van der Waals surface area (Å²) in [5, 5.41) is 0. The van der Waals surface area contributed by atoms with E-state index in [9.17, 15) is 0 Å². The van der Waals surface area contributed by atoms with Crippen molar-refractivity contribution in [1.82, 2.24) is 4.98 Å². The Hall–Kier alpha value is -1.19. The number of nitrogens with two attached hydrogens (primary N) is 1. The molecule has 2 N–H and O–H groups in total. The molecule has 0 saturated heterocycles. The molecule has 1 atom stereocenters. The zero-order chi connectivity index (χ0) is 13.8. The van der Waals surface area contributed by atoms with Crippen LogP contribution in [-0.4, -0.2) is 11.0 Å². The molecule has 2 rings (SSSR count). The summed E-state index contributed by atoms with van der Waals surface area (Å²) in [6.45, 7) is 4.27. The van der Waals surface area contributed by atoms with Gasteiger partial charge < -0.3 is 5.73 Å². The van der Waals surface area contributed by atoms with Gasteiger partial charge in [-0.25, -0.2) is 0 Å². The van der Waals surface area contributed by atoms with E-state index in [0.29, 0.717) is 0 Å². The van der Waals surface area contributed by atoms with Gasteiger partial charge in [-0.1, -0.05) is 18.2 Å². The first-order valence-corrected chi connectivity index (χ1v) is 7.26. The smallest absolute Gasteiger partial charge is 0.0420 e. The highest BCUT2D eigenvalue weighted by atomic mass is 79.9. The van der Waals surface area contributed by atoms with E-state index in [0.717, 1.165) is 23.0 Å². The van der Waals surface area contributed by atoms with E-state index in [-0.39, 0.29) is 6.04 Å². The van der Waals surface area contributed by atoms with Gasteiger partial charge in [0, 0.05) is 28.8 Å². The minimum atomic E-state index is 0.107. The summed E-state index contributed by atoms with van der Waals surface area (Å²) in [5.41, 5.74) is 11.2. The Morgan fingerprint density at radius 3 is 2.53 bits per heavy atom. The van der Waals surface area contributed by atoms with Crippen molar-refractivity contribution in [3.8, 4) is 0 Å². The van der Waals surface area contributed by atoms with Crippen LogP contribution in [-0.2, 0) is 12.8 Å². The van der Waals surface area contributed by atoms with E-state index in [1.807, 2.05) is 18.3 Å². The molecule has 1 unspecified atom stereocenters. The average molecular weight is 319 g/mol. The first-order valence-electron chi connectivity index (χ1n) is 6.47. The maximum absolute atomic E-state index is 6.21.